The van der Waals surface area contributed by atoms with Gasteiger partial charge in [-0.15, -0.1) is 0 Å². The first-order valence-corrected chi connectivity index (χ1v) is 7.56. The minimum absolute atomic E-state index is 0.494. The molecule has 100 valence electrons. The third-order valence-corrected chi connectivity index (χ3v) is 4.75. The van der Waals surface area contributed by atoms with Gasteiger partial charge in [0.2, 0.25) is 0 Å². The van der Waals surface area contributed by atoms with E-state index in [1.54, 1.807) is 0 Å². The lowest BCUT2D eigenvalue weighted by Crippen LogP contribution is -2.06. The Morgan fingerprint density at radius 2 is 2.05 bits per heavy atom. The predicted molar refractivity (Wildman–Crippen MR) is 86.2 cm³/mol. The number of benzene rings is 1. The van der Waals surface area contributed by atoms with Gasteiger partial charge >= 0.3 is 0 Å². The normalized spacial score (nSPS) is 12.4. The summed E-state index contributed by atoms with van der Waals surface area (Å²) in [7, 11) is 0. The molecule has 0 radical (unpaired) electrons. The topological polar surface area (TPSA) is 33.1 Å². The van der Waals surface area contributed by atoms with Crippen molar-refractivity contribution in [3.05, 3.63) is 62.5 Å². The van der Waals surface area contributed by atoms with Crippen LogP contribution in [-0.2, 0) is 12.8 Å². The van der Waals surface area contributed by atoms with E-state index in [0.717, 1.165) is 21.2 Å². The highest BCUT2D eigenvalue weighted by atomic mass is 127. The molecule has 1 atom stereocenters. The van der Waals surface area contributed by atoms with E-state index < -0.39 is 6.10 Å². The van der Waals surface area contributed by atoms with Gasteiger partial charge in [0.05, 0.1) is 6.10 Å². The van der Waals surface area contributed by atoms with Crippen molar-refractivity contribution < 1.29 is 5.11 Å². The van der Waals surface area contributed by atoms with Crippen LogP contribution in [0.15, 0.2) is 36.5 Å². The standard InChI is InChI=1S/C16H18INO/c1-3-12-7-8-13(18-10-12)9-15(19)14-6-4-5-11(2)16(14)17/h4-8,10,15,19H,3,9H2,1-2H3. The summed E-state index contributed by atoms with van der Waals surface area (Å²) in [5.41, 5.74) is 4.35. The second-order valence-corrected chi connectivity index (χ2v) is 5.79. The summed E-state index contributed by atoms with van der Waals surface area (Å²) in [5, 5.41) is 10.4. The first kappa shape index (κ1) is 14.5. The molecule has 0 fully saturated rings. The van der Waals surface area contributed by atoms with Gasteiger partial charge in [0, 0.05) is 21.9 Å². The number of pyridine rings is 1. The number of rotatable bonds is 4. The van der Waals surface area contributed by atoms with Gasteiger partial charge in [-0.05, 0) is 58.7 Å². The molecule has 0 aliphatic rings. The predicted octanol–water partition coefficient (Wildman–Crippen LogP) is 3.83. The highest BCUT2D eigenvalue weighted by Crippen LogP contribution is 2.25. The van der Waals surface area contributed by atoms with E-state index in [-0.39, 0.29) is 0 Å². The average Bonchev–Trinajstić information content (AvgIpc) is 2.42. The van der Waals surface area contributed by atoms with E-state index >= 15 is 0 Å². The summed E-state index contributed by atoms with van der Waals surface area (Å²) in [5.74, 6) is 0. The maximum Gasteiger partial charge on any atom is 0.0855 e. The van der Waals surface area contributed by atoms with Crippen molar-refractivity contribution in [1.82, 2.24) is 4.98 Å². The first-order valence-electron chi connectivity index (χ1n) is 6.48. The summed E-state index contributed by atoms with van der Waals surface area (Å²) < 4.78 is 1.14. The Balaban J connectivity index is 2.15. The zero-order valence-corrected chi connectivity index (χ0v) is 13.4. The highest BCUT2D eigenvalue weighted by molar-refractivity contribution is 14.1. The van der Waals surface area contributed by atoms with Crippen LogP contribution in [0.2, 0.25) is 0 Å². The third kappa shape index (κ3) is 3.54. The lowest BCUT2D eigenvalue weighted by atomic mass is 10.0. The van der Waals surface area contributed by atoms with Crippen molar-refractivity contribution in [3.8, 4) is 0 Å². The average molecular weight is 367 g/mol. The Kier molecular flexibility index (Phi) is 4.93. The molecule has 0 spiro atoms. The molecular weight excluding hydrogens is 349 g/mol. The largest absolute Gasteiger partial charge is 0.388 e. The second-order valence-electron chi connectivity index (χ2n) is 4.71. The van der Waals surface area contributed by atoms with Crippen LogP contribution >= 0.6 is 22.6 Å². The maximum atomic E-state index is 10.4. The van der Waals surface area contributed by atoms with Crippen LogP contribution in [0.5, 0.6) is 0 Å². The SMILES string of the molecule is CCc1ccc(CC(O)c2cccc(C)c2I)nc1. The minimum Gasteiger partial charge on any atom is -0.388 e. The van der Waals surface area contributed by atoms with Gasteiger partial charge in [-0.1, -0.05) is 31.2 Å². The van der Waals surface area contributed by atoms with Gasteiger partial charge in [0.1, 0.15) is 0 Å². The molecule has 0 aliphatic carbocycles. The molecular formula is C16H18INO. The van der Waals surface area contributed by atoms with Crippen molar-refractivity contribution in [3.63, 3.8) is 0 Å². The Morgan fingerprint density at radius 3 is 2.68 bits per heavy atom. The smallest absolute Gasteiger partial charge is 0.0855 e. The van der Waals surface area contributed by atoms with Crippen LogP contribution in [0.1, 0.15) is 35.4 Å². The van der Waals surface area contributed by atoms with Gasteiger partial charge in [-0.3, -0.25) is 4.98 Å². The third-order valence-electron chi connectivity index (χ3n) is 3.28. The monoisotopic (exact) mass is 367 g/mol. The zero-order chi connectivity index (χ0) is 13.8. The maximum absolute atomic E-state index is 10.4. The van der Waals surface area contributed by atoms with E-state index in [1.165, 1.54) is 11.1 Å². The molecule has 2 aromatic rings. The summed E-state index contributed by atoms with van der Waals surface area (Å²) in [6, 6.07) is 10.1. The second kappa shape index (κ2) is 6.48. The number of aryl methyl sites for hydroxylation is 2. The number of halogens is 1. The fraction of sp³-hybridized carbons (Fsp3) is 0.312. The molecule has 19 heavy (non-hydrogen) atoms. The summed E-state index contributed by atoms with van der Waals surface area (Å²) in [6.07, 6.45) is 2.95. The van der Waals surface area contributed by atoms with Crippen LogP contribution in [0.25, 0.3) is 0 Å². The van der Waals surface area contributed by atoms with Crippen LogP contribution in [-0.4, -0.2) is 10.1 Å². The van der Waals surface area contributed by atoms with Gasteiger partial charge in [0.25, 0.3) is 0 Å². The number of aliphatic hydroxyl groups is 1. The van der Waals surface area contributed by atoms with Crippen LogP contribution in [0.4, 0.5) is 0 Å². The van der Waals surface area contributed by atoms with E-state index in [1.807, 2.05) is 24.4 Å². The molecule has 0 saturated heterocycles. The summed E-state index contributed by atoms with van der Waals surface area (Å²) in [6.45, 7) is 4.17. The summed E-state index contributed by atoms with van der Waals surface area (Å²) >= 11 is 2.29. The van der Waals surface area contributed by atoms with Gasteiger partial charge < -0.3 is 5.11 Å². The molecule has 2 rings (SSSR count). The van der Waals surface area contributed by atoms with Crippen LogP contribution in [0.3, 0.4) is 0 Å². The first-order chi connectivity index (χ1) is 9.11. The van der Waals surface area contributed by atoms with Gasteiger partial charge in [0.15, 0.2) is 0 Å². The Bertz CT molecular complexity index is 551. The van der Waals surface area contributed by atoms with Crippen molar-refractivity contribution in [2.24, 2.45) is 0 Å². The zero-order valence-electron chi connectivity index (χ0n) is 11.2. The minimum atomic E-state index is -0.494. The van der Waals surface area contributed by atoms with Gasteiger partial charge in [-0.25, -0.2) is 0 Å². The molecule has 1 aromatic heterocycles. The van der Waals surface area contributed by atoms with Crippen molar-refractivity contribution in [1.29, 1.82) is 0 Å². The van der Waals surface area contributed by atoms with Crippen LogP contribution in [0, 0.1) is 10.5 Å². The molecule has 1 aromatic carbocycles. The van der Waals surface area contributed by atoms with Crippen LogP contribution < -0.4 is 0 Å². The highest BCUT2D eigenvalue weighted by Gasteiger charge is 2.13. The summed E-state index contributed by atoms with van der Waals surface area (Å²) in [4.78, 5) is 4.40. The van der Waals surface area contributed by atoms with E-state index in [2.05, 4.69) is 53.6 Å². The number of nitrogens with zero attached hydrogens (tertiary/aromatic N) is 1. The molecule has 0 saturated carbocycles. The Morgan fingerprint density at radius 1 is 1.26 bits per heavy atom. The molecule has 1 N–H and O–H groups in total. The lowest BCUT2D eigenvalue weighted by Gasteiger charge is -2.14. The lowest BCUT2D eigenvalue weighted by molar-refractivity contribution is 0.176. The Labute approximate surface area is 128 Å². The number of aromatic nitrogens is 1. The van der Waals surface area contributed by atoms with Gasteiger partial charge in [-0.2, -0.15) is 0 Å². The van der Waals surface area contributed by atoms with Crippen molar-refractivity contribution >= 4 is 22.6 Å². The molecule has 0 aliphatic heterocycles. The molecule has 0 bridgehead atoms. The molecule has 3 heteroatoms. The fourth-order valence-corrected chi connectivity index (χ4v) is 2.74. The van der Waals surface area contributed by atoms with E-state index in [9.17, 15) is 5.11 Å². The number of aliphatic hydroxyl groups excluding tert-OH is 1. The number of hydrogen-bond acceptors (Lipinski definition) is 2. The number of hydrogen-bond donors (Lipinski definition) is 1. The molecule has 1 heterocycles. The van der Waals surface area contributed by atoms with Crippen molar-refractivity contribution in [2.75, 3.05) is 0 Å². The molecule has 1 unspecified atom stereocenters. The molecule has 2 nitrogen and oxygen atoms in total. The van der Waals surface area contributed by atoms with Crippen molar-refractivity contribution in [2.45, 2.75) is 32.8 Å². The van der Waals surface area contributed by atoms with E-state index in [0.29, 0.717) is 6.42 Å². The fourth-order valence-electron chi connectivity index (χ4n) is 2.02. The molecule has 0 amide bonds. The Hall–Kier alpha value is -0.940. The quantitative estimate of drug-likeness (QED) is 0.834. The van der Waals surface area contributed by atoms with E-state index in [4.69, 9.17) is 0 Å².